The molecule has 0 aromatic heterocycles. The minimum Gasteiger partial charge on any atom is -0.456 e. The Hall–Kier alpha value is -2.27. The van der Waals surface area contributed by atoms with Gasteiger partial charge in [0.1, 0.15) is 11.6 Å². The maximum Gasteiger partial charge on any atom is 0.203 e. The van der Waals surface area contributed by atoms with Crippen molar-refractivity contribution >= 4 is 0 Å². The smallest absolute Gasteiger partial charge is 0.203 e. The topological polar surface area (TPSA) is 119 Å². The maximum atomic E-state index is 9.71. The summed E-state index contributed by atoms with van der Waals surface area (Å²) in [5, 5.41) is 28.8. The first-order valence-corrected chi connectivity index (χ1v) is 7.39. The lowest BCUT2D eigenvalue weighted by molar-refractivity contribution is -0.195. The van der Waals surface area contributed by atoms with Crippen LogP contribution in [0.1, 0.15) is 19.3 Å². The Morgan fingerprint density at radius 1 is 1.18 bits per heavy atom. The normalized spacial score (nSPS) is 34.0. The molecule has 3 aliphatic rings. The van der Waals surface area contributed by atoms with Crippen LogP contribution in [0, 0.1) is 45.3 Å². The number of nitrogens with two attached hydrogens (primary N) is 1. The summed E-state index contributed by atoms with van der Waals surface area (Å²) in [7, 11) is 0. The van der Waals surface area contributed by atoms with Crippen LogP contribution in [0.2, 0.25) is 0 Å². The maximum absolute atomic E-state index is 9.71. The highest BCUT2D eigenvalue weighted by Crippen LogP contribution is 2.56. The zero-order chi connectivity index (χ0) is 15.8. The van der Waals surface area contributed by atoms with Crippen molar-refractivity contribution in [1.82, 2.24) is 4.90 Å². The molecule has 22 heavy (non-hydrogen) atoms. The van der Waals surface area contributed by atoms with E-state index in [1.807, 2.05) is 6.07 Å². The number of nitrogens with zero attached hydrogens (tertiary/aromatic N) is 4. The van der Waals surface area contributed by atoms with Crippen molar-refractivity contribution in [2.24, 2.45) is 17.1 Å². The first-order valence-electron chi connectivity index (χ1n) is 7.39. The molecule has 1 saturated heterocycles. The number of nitriles is 3. The molecule has 2 N–H and O–H groups in total. The second-order valence-electron chi connectivity index (χ2n) is 5.87. The van der Waals surface area contributed by atoms with Crippen molar-refractivity contribution < 1.29 is 9.47 Å². The Balaban J connectivity index is 2.14. The molecule has 7 nitrogen and oxygen atoms in total. The molecule has 7 heteroatoms. The van der Waals surface area contributed by atoms with Gasteiger partial charge in [0.25, 0.3) is 0 Å². The first-order chi connectivity index (χ1) is 10.6. The van der Waals surface area contributed by atoms with Crippen LogP contribution in [-0.4, -0.2) is 36.9 Å². The highest BCUT2D eigenvalue weighted by atomic mass is 16.5. The molecule has 3 rings (SSSR count). The molecule has 2 aliphatic heterocycles. The Kier molecular flexibility index (Phi) is 3.45. The van der Waals surface area contributed by atoms with Gasteiger partial charge < -0.3 is 15.2 Å². The van der Waals surface area contributed by atoms with Gasteiger partial charge in [0.05, 0.1) is 31.3 Å². The number of fused-ring (bicyclic) bond motifs is 1. The molecule has 1 aliphatic carbocycles. The Bertz CT molecular complexity index is 618. The van der Waals surface area contributed by atoms with Gasteiger partial charge >= 0.3 is 0 Å². The van der Waals surface area contributed by atoms with E-state index >= 15 is 0 Å². The second-order valence-corrected chi connectivity index (χ2v) is 5.87. The zero-order valence-electron chi connectivity index (χ0n) is 12.2. The molecule has 114 valence electrons. The number of rotatable bonds is 1. The third-order valence-electron chi connectivity index (χ3n) is 5.03. The van der Waals surface area contributed by atoms with Crippen molar-refractivity contribution in [3.63, 3.8) is 0 Å². The van der Waals surface area contributed by atoms with E-state index in [0.29, 0.717) is 39.1 Å². The average Bonchev–Trinajstić information content (AvgIpc) is 2.99. The third-order valence-corrected chi connectivity index (χ3v) is 5.03. The van der Waals surface area contributed by atoms with Gasteiger partial charge in [-0.1, -0.05) is 0 Å². The molecule has 2 fully saturated rings. The van der Waals surface area contributed by atoms with Gasteiger partial charge in [0.2, 0.25) is 5.88 Å². The predicted molar refractivity (Wildman–Crippen MR) is 74.0 cm³/mol. The third kappa shape index (κ3) is 1.72. The van der Waals surface area contributed by atoms with E-state index in [0.717, 1.165) is 6.42 Å². The van der Waals surface area contributed by atoms with Gasteiger partial charge in [-0.3, -0.25) is 4.90 Å². The molecule has 0 bridgehead atoms. The largest absolute Gasteiger partial charge is 0.456 e. The summed E-state index contributed by atoms with van der Waals surface area (Å²) in [5.74, 6) is -0.467. The summed E-state index contributed by atoms with van der Waals surface area (Å²) in [4.78, 5) is 2.12. The molecule has 0 spiro atoms. The monoisotopic (exact) mass is 299 g/mol. The fraction of sp³-hybridized carbons (Fsp3) is 0.667. The average molecular weight is 299 g/mol. The summed E-state index contributed by atoms with van der Waals surface area (Å²) >= 11 is 0. The van der Waals surface area contributed by atoms with Gasteiger partial charge in [-0.15, -0.1) is 0 Å². The number of allylic oxidation sites excluding steroid dienone is 1. The lowest BCUT2D eigenvalue weighted by Crippen LogP contribution is -2.62. The van der Waals surface area contributed by atoms with Crippen LogP contribution in [0.4, 0.5) is 0 Å². The zero-order valence-corrected chi connectivity index (χ0v) is 12.2. The standard InChI is InChI=1S/C15H17N5O2/c16-8-11-13(19)22-15(20-4-6-21-7-5-20)3-1-2-12(15)14(11,9-17)10-18/h12H,1-7,19H2/t12-,15-/m0/s1. The van der Waals surface area contributed by atoms with Crippen LogP contribution in [0.5, 0.6) is 0 Å². The summed E-state index contributed by atoms with van der Waals surface area (Å²) < 4.78 is 11.4. The van der Waals surface area contributed by atoms with Crippen molar-refractivity contribution in [2.45, 2.75) is 25.0 Å². The lowest BCUT2D eigenvalue weighted by Gasteiger charge is -2.51. The van der Waals surface area contributed by atoms with E-state index in [2.05, 4.69) is 17.0 Å². The predicted octanol–water partition coefficient (Wildman–Crippen LogP) is 0.573. The molecule has 0 aromatic carbocycles. The Labute approximate surface area is 129 Å². The molecule has 0 radical (unpaired) electrons. The highest BCUT2D eigenvalue weighted by molar-refractivity contribution is 5.47. The van der Waals surface area contributed by atoms with Gasteiger partial charge in [-0.2, -0.15) is 15.8 Å². The van der Waals surface area contributed by atoms with E-state index < -0.39 is 11.1 Å². The van der Waals surface area contributed by atoms with Crippen LogP contribution in [0.15, 0.2) is 11.5 Å². The van der Waals surface area contributed by atoms with Crippen LogP contribution in [0.3, 0.4) is 0 Å². The highest BCUT2D eigenvalue weighted by Gasteiger charge is 2.64. The van der Waals surface area contributed by atoms with E-state index in [1.54, 1.807) is 0 Å². The summed E-state index contributed by atoms with van der Waals surface area (Å²) in [6.45, 7) is 2.49. The summed E-state index contributed by atoms with van der Waals surface area (Å²) in [6.07, 6.45) is 2.19. The van der Waals surface area contributed by atoms with Crippen molar-refractivity contribution in [3.8, 4) is 18.2 Å². The van der Waals surface area contributed by atoms with Crippen molar-refractivity contribution in [3.05, 3.63) is 11.5 Å². The molecule has 1 saturated carbocycles. The Morgan fingerprint density at radius 2 is 1.86 bits per heavy atom. The fourth-order valence-electron chi connectivity index (χ4n) is 4.07. The van der Waals surface area contributed by atoms with Gasteiger partial charge in [0, 0.05) is 19.5 Å². The molecule has 2 heterocycles. The summed E-state index contributed by atoms with van der Waals surface area (Å²) in [6, 6.07) is 6.07. The van der Waals surface area contributed by atoms with E-state index in [4.69, 9.17) is 15.2 Å². The van der Waals surface area contributed by atoms with E-state index in [9.17, 15) is 15.8 Å². The SMILES string of the molecule is N#CC1=C(N)O[C@@]2(N3CCOCC3)CCC[C@H]2C1(C#N)C#N. The van der Waals surface area contributed by atoms with Crippen LogP contribution in [0.25, 0.3) is 0 Å². The quantitative estimate of drug-likeness (QED) is 0.751. The number of hydrogen-bond acceptors (Lipinski definition) is 7. The minimum absolute atomic E-state index is 0.0479. The second kappa shape index (κ2) is 5.18. The van der Waals surface area contributed by atoms with Gasteiger partial charge in [-0.05, 0) is 12.8 Å². The van der Waals surface area contributed by atoms with Crippen LogP contribution >= 0.6 is 0 Å². The van der Waals surface area contributed by atoms with Gasteiger partial charge in [-0.25, -0.2) is 0 Å². The number of morpholine rings is 1. The van der Waals surface area contributed by atoms with E-state index in [1.165, 1.54) is 0 Å². The molecule has 0 aromatic rings. The molecular formula is C15H17N5O2. The lowest BCUT2D eigenvalue weighted by atomic mass is 9.66. The Morgan fingerprint density at radius 3 is 2.45 bits per heavy atom. The minimum atomic E-state index is -1.54. The van der Waals surface area contributed by atoms with Crippen LogP contribution < -0.4 is 5.73 Å². The number of ether oxygens (including phenoxy) is 2. The van der Waals surface area contributed by atoms with Gasteiger partial charge in [0.15, 0.2) is 11.1 Å². The molecule has 2 atom stereocenters. The molecule has 0 amide bonds. The van der Waals surface area contributed by atoms with Crippen molar-refractivity contribution in [2.75, 3.05) is 26.3 Å². The molecule has 0 unspecified atom stereocenters. The van der Waals surface area contributed by atoms with E-state index in [-0.39, 0.29) is 17.4 Å². The number of hydrogen-bond donors (Lipinski definition) is 1. The molecular weight excluding hydrogens is 282 g/mol. The van der Waals surface area contributed by atoms with Crippen molar-refractivity contribution in [1.29, 1.82) is 15.8 Å². The summed E-state index contributed by atoms with van der Waals surface area (Å²) in [5.41, 5.74) is 3.58. The van der Waals surface area contributed by atoms with Crippen LogP contribution in [-0.2, 0) is 9.47 Å². The first kappa shape index (κ1) is 14.7. The fourth-order valence-corrected chi connectivity index (χ4v) is 4.07.